The van der Waals surface area contributed by atoms with Crippen molar-refractivity contribution in [2.24, 2.45) is 7.05 Å². The maximum Gasteiger partial charge on any atom is 0.265 e. The number of nitrogens with zero attached hydrogens (tertiary/aromatic N) is 2. The number of anilines is 2. The average molecular weight is 354 g/mol. The lowest BCUT2D eigenvalue weighted by Crippen LogP contribution is -2.13. The summed E-state index contributed by atoms with van der Waals surface area (Å²) in [6.07, 6.45) is 4.66. The van der Waals surface area contributed by atoms with Crippen molar-refractivity contribution < 1.29 is 9.59 Å². The largest absolute Gasteiger partial charge is 0.326 e. The van der Waals surface area contributed by atoms with Crippen molar-refractivity contribution in [2.75, 3.05) is 10.6 Å². The van der Waals surface area contributed by atoms with E-state index >= 15 is 0 Å². The topological polar surface area (TPSA) is 76.0 Å². The summed E-state index contributed by atoms with van der Waals surface area (Å²) in [5, 5.41) is 11.6. The Morgan fingerprint density at radius 3 is 2.64 bits per heavy atom. The zero-order valence-electron chi connectivity index (χ0n) is 13.7. The molecule has 0 aliphatic carbocycles. The highest BCUT2D eigenvalue weighted by atomic mass is 32.1. The van der Waals surface area contributed by atoms with Crippen molar-refractivity contribution in [3.63, 3.8) is 0 Å². The summed E-state index contributed by atoms with van der Waals surface area (Å²) in [5.41, 5.74) is 2.32. The van der Waals surface area contributed by atoms with Crippen molar-refractivity contribution in [2.45, 2.75) is 12.8 Å². The van der Waals surface area contributed by atoms with Crippen molar-refractivity contribution in [3.05, 3.63) is 64.6 Å². The molecule has 2 amide bonds. The minimum absolute atomic E-state index is 0.0782. The second kappa shape index (κ2) is 7.76. The average Bonchev–Trinajstić information content (AvgIpc) is 3.25. The third-order valence-electron chi connectivity index (χ3n) is 3.55. The normalized spacial score (nSPS) is 10.4. The van der Waals surface area contributed by atoms with E-state index in [1.54, 1.807) is 41.2 Å². The number of carbonyl (C=O) groups excluding carboxylic acids is 2. The van der Waals surface area contributed by atoms with E-state index in [0.717, 1.165) is 5.56 Å². The van der Waals surface area contributed by atoms with Gasteiger partial charge in [-0.1, -0.05) is 12.1 Å². The van der Waals surface area contributed by atoms with Gasteiger partial charge in [0.2, 0.25) is 5.91 Å². The summed E-state index contributed by atoms with van der Waals surface area (Å²) in [6.45, 7) is 0. The fraction of sp³-hybridized carbons (Fsp3) is 0.167. The summed E-state index contributed by atoms with van der Waals surface area (Å²) < 4.78 is 1.72. The number of hydrogen-bond donors (Lipinski definition) is 2. The number of benzene rings is 1. The molecule has 2 aromatic heterocycles. The SMILES string of the molecule is Cn1cc(CCC(=O)Nc2cccc(NC(=O)c3cccs3)c2)cn1. The molecule has 0 saturated heterocycles. The van der Waals surface area contributed by atoms with Gasteiger partial charge in [-0.05, 0) is 41.6 Å². The highest BCUT2D eigenvalue weighted by Crippen LogP contribution is 2.18. The van der Waals surface area contributed by atoms with Crippen LogP contribution in [0.3, 0.4) is 0 Å². The van der Waals surface area contributed by atoms with E-state index in [2.05, 4.69) is 15.7 Å². The van der Waals surface area contributed by atoms with E-state index in [4.69, 9.17) is 0 Å². The Bertz CT molecular complexity index is 871. The molecular formula is C18H18N4O2S. The Balaban J connectivity index is 1.55. The molecule has 0 fully saturated rings. The number of aryl methyl sites for hydroxylation is 2. The van der Waals surface area contributed by atoms with Crippen LogP contribution in [0.15, 0.2) is 54.2 Å². The monoisotopic (exact) mass is 354 g/mol. The van der Waals surface area contributed by atoms with Crippen molar-refractivity contribution >= 4 is 34.5 Å². The molecule has 0 atom stereocenters. The summed E-state index contributed by atoms with van der Waals surface area (Å²) in [6, 6.07) is 10.7. The van der Waals surface area contributed by atoms with E-state index in [0.29, 0.717) is 29.1 Å². The summed E-state index contributed by atoms with van der Waals surface area (Å²) in [7, 11) is 1.85. The molecular weight excluding hydrogens is 336 g/mol. The smallest absolute Gasteiger partial charge is 0.265 e. The Morgan fingerprint density at radius 1 is 1.16 bits per heavy atom. The number of hydrogen-bond acceptors (Lipinski definition) is 4. The van der Waals surface area contributed by atoms with E-state index in [-0.39, 0.29) is 11.8 Å². The standard InChI is InChI=1S/C18H18N4O2S/c1-22-12-13(11-19-22)7-8-17(23)20-14-4-2-5-15(10-14)21-18(24)16-6-3-9-25-16/h2-6,9-12H,7-8H2,1H3,(H,20,23)(H,21,24). The van der Waals surface area contributed by atoms with Gasteiger partial charge < -0.3 is 10.6 Å². The molecule has 0 aliphatic rings. The first kappa shape index (κ1) is 16.9. The lowest BCUT2D eigenvalue weighted by atomic mass is 10.2. The first-order valence-corrected chi connectivity index (χ1v) is 8.70. The predicted molar refractivity (Wildman–Crippen MR) is 98.9 cm³/mol. The van der Waals surface area contributed by atoms with Crippen LogP contribution in [-0.4, -0.2) is 21.6 Å². The van der Waals surface area contributed by atoms with Gasteiger partial charge in [-0.2, -0.15) is 5.10 Å². The van der Waals surface area contributed by atoms with Gasteiger partial charge in [-0.3, -0.25) is 14.3 Å². The fourth-order valence-electron chi connectivity index (χ4n) is 2.36. The first-order valence-electron chi connectivity index (χ1n) is 7.82. The van der Waals surface area contributed by atoms with Crippen LogP contribution in [-0.2, 0) is 18.3 Å². The third-order valence-corrected chi connectivity index (χ3v) is 4.42. The van der Waals surface area contributed by atoms with Gasteiger partial charge in [0.1, 0.15) is 0 Å². The first-order chi connectivity index (χ1) is 12.1. The minimum Gasteiger partial charge on any atom is -0.326 e. The highest BCUT2D eigenvalue weighted by Gasteiger charge is 2.08. The molecule has 0 saturated carbocycles. The van der Waals surface area contributed by atoms with Crippen LogP contribution in [0.1, 0.15) is 21.7 Å². The number of carbonyl (C=O) groups is 2. The van der Waals surface area contributed by atoms with Crippen LogP contribution in [0.4, 0.5) is 11.4 Å². The van der Waals surface area contributed by atoms with Crippen LogP contribution in [0.25, 0.3) is 0 Å². The Hall–Kier alpha value is -2.93. The fourth-order valence-corrected chi connectivity index (χ4v) is 2.98. The van der Waals surface area contributed by atoms with Crippen LogP contribution in [0.2, 0.25) is 0 Å². The summed E-state index contributed by atoms with van der Waals surface area (Å²) in [4.78, 5) is 24.8. The van der Waals surface area contributed by atoms with Crippen molar-refractivity contribution in [3.8, 4) is 0 Å². The number of nitrogens with one attached hydrogen (secondary N) is 2. The Kier molecular flexibility index (Phi) is 5.25. The molecule has 0 unspecified atom stereocenters. The molecule has 0 radical (unpaired) electrons. The quantitative estimate of drug-likeness (QED) is 0.713. The number of rotatable bonds is 6. The maximum absolute atomic E-state index is 12.1. The molecule has 2 N–H and O–H groups in total. The van der Waals surface area contributed by atoms with Crippen LogP contribution in [0.5, 0.6) is 0 Å². The van der Waals surface area contributed by atoms with Crippen LogP contribution in [0, 0.1) is 0 Å². The van der Waals surface area contributed by atoms with Gasteiger partial charge >= 0.3 is 0 Å². The van der Waals surface area contributed by atoms with E-state index < -0.39 is 0 Å². The molecule has 2 heterocycles. The van der Waals surface area contributed by atoms with E-state index in [1.807, 2.05) is 24.7 Å². The predicted octanol–water partition coefficient (Wildman–Crippen LogP) is 3.31. The van der Waals surface area contributed by atoms with Crippen molar-refractivity contribution in [1.82, 2.24) is 9.78 Å². The molecule has 3 aromatic rings. The molecule has 128 valence electrons. The maximum atomic E-state index is 12.1. The second-order valence-electron chi connectivity index (χ2n) is 5.58. The second-order valence-corrected chi connectivity index (χ2v) is 6.53. The summed E-state index contributed by atoms with van der Waals surface area (Å²) >= 11 is 1.38. The van der Waals surface area contributed by atoms with Gasteiger partial charge in [0.05, 0.1) is 11.1 Å². The lowest BCUT2D eigenvalue weighted by Gasteiger charge is -2.08. The van der Waals surface area contributed by atoms with Gasteiger partial charge in [0, 0.05) is 31.0 Å². The number of thiophene rings is 1. The number of amides is 2. The third kappa shape index (κ3) is 4.77. The van der Waals surface area contributed by atoms with E-state index in [9.17, 15) is 9.59 Å². The minimum atomic E-state index is -0.157. The zero-order chi connectivity index (χ0) is 17.6. The van der Waals surface area contributed by atoms with Gasteiger partial charge in [0.25, 0.3) is 5.91 Å². The summed E-state index contributed by atoms with van der Waals surface area (Å²) in [5.74, 6) is -0.236. The Morgan fingerprint density at radius 2 is 1.96 bits per heavy atom. The molecule has 1 aromatic carbocycles. The van der Waals surface area contributed by atoms with Gasteiger partial charge in [-0.25, -0.2) is 0 Å². The van der Waals surface area contributed by atoms with Crippen molar-refractivity contribution in [1.29, 1.82) is 0 Å². The molecule has 0 spiro atoms. The molecule has 25 heavy (non-hydrogen) atoms. The molecule has 6 nitrogen and oxygen atoms in total. The van der Waals surface area contributed by atoms with Crippen LogP contribution < -0.4 is 10.6 Å². The van der Waals surface area contributed by atoms with Gasteiger partial charge in [-0.15, -0.1) is 11.3 Å². The van der Waals surface area contributed by atoms with Crippen LogP contribution >= 0.6 is 11.3 Å². The Labute approximate surface area is 149 Å². The molecule has 3 rings (SSSR count). The molecule has 0 bridgehead atoms. The molecule has 7 heteroatoms. The zero-order valence-corrected chi connectivity index (χ0v) is 14.5. The molecule has 0 aliphatic heterocycles. The van der Waals surface area contributed by atoms with E-state index in [1.165, 1.54) is 11.3 Å². The van der Waals surface area contributed by atoms with Gasteiger partial charge in [0.15, 0.2) is 0 Å². The highest BCUT2D eigenvalue weighted by molar-refractivity contribution is 7.12. The lowest BCUT2D eigenvalue weighted by molar-refractivity contribution is -0.116. The number of aromatic nitrogens is 2.